The van der Waals surface area contributed by atoms with E-state index in [4.69, 9.17) is 44.0 Å². The topological polar surface area (TPSA) is 365 Å². The molecule has 14 rings (SSSR count). The van der Waals surface area contributed by atoms with Crippen LogP contribution >= 0.6 is 45.9 Å². The van der Waals surface area contributed by atoms with E-state index in [0.29, 0.717) is 89.7 Å². The quantitative estimate of drug-likeness (QED) is 0.0159. The molecule has 31 heteroatoms. The van der Waals surface area contributed by atoms with Gasteiger partial charge in [-0.2, -0.15) is 10.2 Å². The van der Waals surface area contributed by atoms with Crippen LogP contribution in [0.25, 0.3) is 31.8 Å². The number of unbranched alkanes of at least 4 members (excludes halogenated alkanes) is 8. The smallest absolute Gasteiger partial charge is 0.303 e. The molecular formula is C80H90Cl2N18O9S2. The highest BCUT2D eigenvalue weighted by atomic mass is 35.5. The van der Waals surface area contributed by atoms with Gasteiger partial charge in [0.15, 0.2) is 11.6 Å². The maximum atomic E-state index is 13.3. The van der Waals surface area contributed by atoms with Crippen LogP contribution < -0.4 is 32.3 Å². The van der Waals surface area contributed by atoms with E-state index >= 15 is 0 Å². The number of thiophene rings is 2. The first-order valence-electron chi connectivity index (χ1n) is 37.4. The van der Waals surface area contributed by atoms with Crippen LogP contribution in [0.15, 0.2) is 94.9 Å². The number of nitrogens with two attached hydrogens (primary N) is 1. The Morgan fingerprint density at radius 1 is 0.541 bits per heavy atom. The minimum absolute atomic E-state index is 0.0639. The third-order valence-electron chi connectivity index (χ3n) is 20.5. The van der Waals surface area contributed by atoms with Gasteiger partial charge in [0.25, 0.3) is 0 Å². The van der Waals surface area contributed by atoms with E-state index in [-0.39, 0.29) is 73.0 Å². The molecule has 27 nitrogen and oxygen atoms in total. The molecule has 2 fully saturated rings. The summed E-state index contributed by atoms with van der Waals surface area (Å²) >= 11 is 15.8. The Morgan fingerprint density at radius 2 is 0.964 bits per heavy atom. The summed E-state index contributed by atoms with van der Waals surface area (Å²) < 4.78 is 7.50. The Balaban J connectivity index is 0.000000174. The number of hydrogen-bond donors (Lipinski definition) is 7. The first kappa shape index (κ1) is 79.9. The molecular weight excluding hydrogens is 1490 g/mol. The maximum absolute atomic E-state index is 13.3. The van der Waals surface area contributed by atoms with Crippen LogP contribution in [-0.4, -0.2) is 126 Å². The predicted octanol–water partition coefficient (Wildman–Crippen LogP) is 13.1. The van der Waals surface area contributed by atoms with E-state index in [1.54, 1.807) is 45.2 Å². The van der Waals surface area contributed by atoms with Gasteiger partial charge in [0.05, 0.1) is 58.5 Å². The van der Waals surface area contributed by atoms with Crippen LogP contribution in [0.5, 0.6) is 0 Å². The summed E-state index contributed by atoms with van der Waals surface area (Å²) in [6.45, 7) is 13.4. The second kappa shape index (κ2) is 35.6. The molecule has 2 unspecified atom stereocenters. The molecule has 6 aromatic heterocycles. The highest BCUT2D eigenvalue weighted by Gasteiger charge is 2.37. The number of carbonyl (C=O) groups is 8. The van der Waals surface area contributed by atoms with E-state index in [0.717, 1.165) is 146 Å². The standard InChI is InChI=1S/C40H44ClN9O4S.C27H32ClN5O3S.C13H14N4O2/c1-22-23(2)55-40-35(22)36(25-11-13-26(41)14-12-25)44-30(38-47-46-24(3)50(38)40)21-34(53)42-19-9-7-5-6-8-10-32(51)43-27-15-16-28-31(20-27)49(4)48-37(28)29-17-18-33(52)45-39(29)54;1-16-17(2)37-27-24(16)25(19-10-12-20(28)13-11-19)30-21(26-32-31-18(3)33(26)27)15-22(34)29-14-8-6-4-5-7-9-23(35)36;1-17-10-6-7(14)2-3-8(10)12(16-17)9-4-5-11(18)15-13(9)19/h11-16,20,29-30H,5-10,17-19,21H2,1-4H3,(H,42,53)(H,43,51)(H,45,52,54);10-13,21H,4-9,14-15H2,1-3H3,(H,29,34)(H,35,36);2-3,6,9H,4-5,14H2,1H3,(H,15,18,19)/t29?,30-;21-;/m00./s1. The largest absolute Gasteiger partial charge is 0.481 e. The van der Waals surface area contributed by atoms with Crippen molar-refractivity contribution in [3.63, 3.8) is 0 Å². The monoisotopic (exact) mass is 1580 g/mol. The van der Waals surface area contributed by atoms with Crippen molar-refractivity contribution in [2.24, 2.45) is 24.1 Å². The van der Waals surface area contributed by atoms with Crippen molar-refractivity contribution >= 4 is 138 Å². The summed E-state index contributed by atoms with van der Waals surface area (Å²) in [5.74, 6) is -0.0859. The molecule has 0 bridgehead atoms. The van der Waals surface area contributed by atoms with E-state index in [1.807, 2.05) is 109 Å². The van der Waals surface area contributed by atoms with Gasteiger partial charge in [0, 0.05) is 117 Å². The van der Waals surface area contributed by atoms with E-state index in [1.165, 1.54) is 9.75 Å². The molecule has 4 aromatic carbocycles. The average molecular weight is 1580 g/mol. The Labute approximate surface area is 659 Å². The third-order valence-corrected chi connectivity index (χ3v) is 23.4. The zero-order valence-electron chi connectivity index (χ0n) is 63.3. The van der Waals surface area contributed by atoms with Crippen LogP contribution in [0.1, 0.15) is 217 Å². The lowest BCUT2D eigenvalue weighted by Crippen LogP contribution is -2.39. The number of carbonyl (C=O) groups excluding carboxylic acids is 7. The Kier molecular flexibility index (Phi) is 25.6. The first-order valence-corrected chi connectivity index (χ1v) is 39.8. The second-order valence-electron chi connectivity index (χ2n) is 28.4. The van der Waals surface area contributed by atoms with E-state index in [9.17, 15) is 38.4 Å². The highest BCUT2D eigenvalue weighted by molar-refractivity contribution is 7.15. The number of amides is 7. The molecule has 111 heavy (non-hydrogen) atoms. The minimum Gasteiger partial charge on any atom is -0.481 e. The third kappa shape index (κ3) is 18.6. The van der Waals surface area contributed by atoms with Crippen molar-refractivity contribution in [3.8, 4) is 10.0 Å². The second-order valence-corrected chi connectivity index (χ2v) is 31.7. The molecule has 0 aliphatic carbocycles. The van der Waals surface area contributed by atoms with Crippen molar-refractivity contribution in [2.75, 3.05) is 24.1 Å². The summed E-state index contributed by atoms with van der Waals surface area (Å²) in [6, 6.07) is 25.3. The molecule has 4 aliphatic rings. The maximum Gasteiger partial charge on any atom is 0.303 e. The average Bonchev–Trinajstić information content (AvgIpc) is 1.60. The fraction of sp³-hybridized carbons (Fsp3) is 0.400. The number of carboxylic acids is 1. The number of carboxylic acid groups (broad SMARTS) is 1. The number of imide groups is 2. The lowest BCUT2D eigenvalue weighted by molar-refractivity contribution is -0.137. The Bertz CT molecular complexity index is 5280. The van der Waals surface area contributed by atoms with Crippen molar-refractivity contribution in [2.45, 2.75) is 181 Å². The number of benzene rings is 4. The summed E-state index contributed by atoms with van der Waals surface area (Å²) in [7, 11) is 3.62. The van der Waals surface area contributed by atoms with Crippen LogP contribution in [0.2, 0.25) is 10.0 Å². The fourth-order valence-corrected chi connectivity index (χ4v) is 17.1. The zero-order chi connectivity index (χ0) is 78.9. The number of nitrogen functional groups attached to an aromatic ring is 1. The van der Waals surface area contributed by atoms with E-state index < -0.39 is 24.0 Å². The molecule has 7 amide bonds. The molecule has 4 atom stereocenters. The van der Waals surface area contributed by atoms with Crippen molar-refractivity contribution < 1.29 is 43.5 Å². The van der Waals surface area contributed by atoms with Crippen LogP contribution in [0.4, 0.5) is 11.4 Å². The van der Waals surface area contributed by atoms with Crippen LogP contribution in [-0.2, 0) is 52.5 Å². The normalized spacial score (nSPS) is 16.5. The van der Waals surface area contributed by atoms with Gasteiger partial charge in [-0.15, -0.1) is 43.1 Å². The summed E-state index contributed by atoms with van der Waals surface area (Å²) in [5.41, 5.74) is 18.0. The molecule has 10 aromatic rings. The van der Waals surface area contributed by atoms with Gasteiger partial charge >= 0.3 is 5.97 Å². The number of halogens is 2. The van der Waals surface area contributed by atoms with Crippen LogP contribution in [0, 0.1) is 41.5 Å². The number of aliphatic imine (C=N–C) groups is 2. The number of nitrogens with one attached hydrogen (secondary N) is 5. The van der Waals surface area contributed by atoms with Gasteiger partial charge in [-0.3, -0.25) is 77.5 Å². The number of rotatable bonds is 25. The zero-order valence-corrected chi connectivity index (χ0v) is 66.4. The fourth-order valence-electron chi connectivity index (χ4n) is 14.4. The Morgan fingerprint density at radius 3 is 1.41 bits per heavy atom. The summed E-state index contributed by atoms with van der Waals surface area (Å²) in [5, 5.41) is 54.3. The Hall–Kier alpha value is -10.6. The molecule has 2 saturated heterocycles. The minimum atomic E-state index is -0.751. The number of aromatic nitrogens is 10. The molecule has 4 aliphatic heterocycles. The van der Waals surface area contributed by atoms with E-state index in [2.05, 4.69) is 84.9 Å². The molecule has 0 radical (unpaired) electrons. The van der Waals surface area contributed by atoms with Gasteiger partial charge in [0.1, 0.15) is 33.7 Å². The number of aryl methyl sites for hydroxylation is 6. The molecule has 8 N–H and O–H groups in total. The van der Waals surface area contributed by atoms with Crippen LogP contribution in [0.3, 0.4) is 0 Å². The SMILES string of the molecule is Cc1sc2c(c1C)C(c1ccc(Cl)cc1)=N[C@@H](CC(=O)NCCCCCCCC(=O)Nc1ccc3c(C4CCC(=O)NC4=O)nn(C)c3c1)c1nnc(C)n1-2.Cc1sc2c(c1C)C(c1ccc(Cl)cc1)=N[C@@H](CC(=O)NCCCCCCCC(=O)O)c1nnc(C)n1-2.Cn1nc(C2CCC(=O)NC2=O)c2ccc(N)cc21. The van der Waals surface area contributed by atoms with Gasteiger partial charge in [-0.1, -0.05) is 86.0 Å². The van der Waals surface area contributed by atoms with Crippen molar-refractivity contribution in [3.05, 3.63) is 173 Å². The molecule has 0 spiro atoms. The predicted molar refractivity (Wildman–Crippen MR) is 430 cm³/mol. The number of nitrogens with zero attached hydrogens (tertiary/aromatic N) is 12. The molecule has 10 heterocycles. The number of aliphatic carboxylic acids is 1. The first-order chi connectivity index (χ1) is 53.3. The van der Waals surface area contributed by atoms with Crippen molar-refractivity contribution in [1.29, 1.82) is 0 Å². The van der Waals surface area contributed by atoms with Gasteiger partial charge in [0.2, 0.25) is 41.4 Å². The molecule has 580 valence electrons. The summed E-state index contributed by atoms with van der Waals surface area (Å²) in [4.78, 5) is 109. The van der Waals surface area contributed by atoms with Gasteiger partial charge in [-0.25, -0.2) is 0 Å². The molecule has 0 saturated carbocycles. The summed E-state index contributed by atoms with van der Waals surface area (Å²) in [6.07, 6.45) is 11.2. The number of fused-ring (bicyclic) bond motifs is 8. The lowest BCUT2D eigenvalue weighted by Gasteiger charge is -2.19. The number of anilines is 2. The number of hydrogen-bond acceptors (Lipinski definition) is 19. The highest BCUT2D eigenvalue weighted by Crippen LogP contribution is 2.43. The van der Waals surface area contributed by atoms with Crippen molar-refractivity contribution in [1.82, 2.24) is 70.4 Å². The lowest BCUT2D eigenvalue weighted by atomic mass is 9.93. The van der Waals surface area contributed by atoms with Gasteiger partial charge < -0.3 is 26.8 Å². The number of piperidine rings is 2. The van der Waals surface area contributed by atoms with Gasteiger partial charge in [-0.05, 0) is 152 Å².